The van der Waals surface area contributed by atoms with Crippen molar-refractivity contribution in [2.45, 2.75) is 66.0 Å². The number of piperidine rings is 1. The van der Waals surface area contributed by atoms with Crippen LogP contribution in [0.25, 0.3) is 0 Å². The number of nitrogens with one attached hydrogen (secondary N) is 2. The van der Waals surface area contributed by atoms with Crippen LogP contribution in [0.3, 0.4) is 0 Å². The highest BCUT2D eigenvalue weighted by molar-refractivity contribution is 5.82. The molecule has 1 aliphatic carbocycles. The summed E-state index contributed by atoms with van der Waals surface area (Å²) in [5.41, 5.74) is 0.447. The molecule has 1 amide bonds. The lowest BCUT2D eigenvalue weighted by atomic mass is 9.90. The first-order valence-corrected chi connectivity index (χ1v) is 7.34. The zero-order chi connectivity index (χ0) is 13.6. The minimum Gasteiger partial charge on any atom is -0.351 e. The van der Waals surface area contributed by atoms with Crippen LogP contribution in [0.1, 0.15) is 53.9 Å². The lowest BCUT2D eigenvalue weighted by Gasteiger charge is -2.29. The third-order valence-corrected chi connectivity index (χ3v) is 5.71. The molecule has 0 aromatic carbocycles. The molecule has 0 spiro atoms. The Morgan fingerprint density at radius 3 is 2.39 bits per heavy atom. The Morgan fingerprint density at radius 2 is 1.89 bits per heavy atom. The summed E-state index contributed by atoms with van der Waals surface area (Å²) in [6.07, 6.45) is 3.39. The van der Waals surface area contributed by atoms with Crippen molar-refractivity contribution < 1.29 is 4.79 Å². The third-order valence-electron chi connectivity index (χ3n) is 5.71. The average molecular weight is 252 g/mol. The van der Waals surface area contributed by atoms with Crippen molar-refractivity contribution in [3.8, 4) is 0 Å². The van der Waals surface area contributed by atoms with Crippen LogP contribution in [0.4, 0.5) is 0 Å². The van der Waals surface area contributed by atoms with Gasteiger partial charge in [-0.2, -0.15) is 0 Å². The van der Waals surface area contributed by atoms with E-state index < -0.39 is 0 Å². The summed E-state index contributed by atoms with van der Waals surface area (Å²) >= 11 is 0. The first-order chi connectivity index (χ1) is 8.30. The van der Waals surface area contributed by atoms with Crippen LogP contribution in [0.15, 0.2) is 0 Å². The van der Waals surface area contributed by atoms with Gasteiger partial charge >= 0.3 is 0 Å². The van der Waals surface area contributed by atoms with Gasteiger partial charge in [-0.05, 0) is 36.1 Å². The number of hydrogen-bond donors (Lipinski definition) is 2. The second-order valence-corrected chi connectivity index (χ2v) is 7.19. The number of amides is 1. The van der Waals surface area contributed by atoms with Crippen LogP contribution in [-0.2, 0) is 4.79 Å². The quantitative estimate of drug-likeness (QED) is 0.809. The van der Waals surface area contributed by atoms with Gasteiger partial charge in [-0.15, -0.1) is 0 Å². The average Bonchev–Trinajstić information content (AvgIpc) is 2.71. The SMILES string of the molecule is CCC1CCNC(C(=O)NC2C(C)(C)C2(C)C)C1. The molecular weight excluding hydrogens is 224 g/mol. The van der Waals surface area contributed by atoms with E-state index in [1.165, 1.54) is 12.8 Å². The van der Waals surface area contributed by atoms with E-state index >= 15 is 0 Å². The largest absolute Gasteiger partial charge is 0.351 e. The maximum atomic E-state index is 12.3. The molecular formula is C15H28N2O. The second-order valence-electron chi connectivity index (χ2n) is 7.19. The normalized spacial score (nSPS) is 34.1. The van der Waals surface area contributed by atoms with Crippen molar-refractivity contribution >= 4 is 5.91 Å². The summed E-state index contributed by atoms with van der Waals surface area (Å²) < 4.78 is 0. The molecule has 0 radical (unpaired) electrons. The fraction of sp³-hybridized carbons (Fsp3) is 0.933. The molecule has 0 aromatic heterocycles. The molecule has 1 saturated heterocycles. The van der Waals surface area contributed by atoms with Gasteiger partial charge in [0.25, 0.3) is 0 Å². The molecule has 2 rings (SSSR count). The van der Waals surface area contributed by atoms with Gasteiger partial charge in [0, 0.05) is 6.04 Å². The van der Waals surface area contributed by atoms with Crippen LogP contribution in [0, 0.1) is 16.7 Å². The highest BCUT2D eigenvalue weighted by Crippen LogP contribution is 2.62. The van der Waals surface area contributed by atoms with Gasteiger partial charge in [-0.25, -0.2) is 0 Å². The lowest BCUT2D eigenvalue weighted by molar-refractivity contribution is -0.124. The molecule has 104 valence electrons. The van der Waals surface area contributed by atoms with Crippen LogP contribution >= 0.6 is 0 Å². The summed E-state index contributed by atoms with van der Waals surface area (Å²) in [6.45, 7) is 12.1. The van der Waals surface area contributed by atoms with Crippen molar-refractivity contribution in [1.29, 1.82) is 0 Å². The van der Waals surface area contributed by atoms with Crippen molar-refractivity contribution in [2.75, 3.05) is 6.54 Å². The summed E-state index contributed by atoms with van der Waals surface area (Å²) in [5, 5.41) is 6.61. The Labute approximate surface area is 111 Å². The topological polar surface area (TPSA) is 41.1 Å². The Morgan fingerprint density at radius 1 is 1.28 bits per heavy atom. The third kappa shape index (κ3) is 2.18. The summed E-state index contributed by atoms with van der Waals surface area (Å²) in [7, 11) is 0. The zero-order valence-corrected chi connectivity index (χ0v) is 12.5. The van der Waals surface area contributed by atoms with Crippen molar-refractivity contribution in [3.63, 3.8) is 0 Å². The lowest BCUT2D eigenvalue weighted by Crippen LogP contribution is -2.50. The standard InChI is InChI=1S/C15H28N2O/c1-6-10-7-8-16-11(9-10)12(18)17-13-14(2,3)15(13,4)5/h10-11,13,16H,6-9H2,1-5H3,(H,17,18). The molecule has 2 atom stereocenters. The Balaban J connectivity index is 1.90. The first-order valence-electron chi connectivity index (χ1n) is 7.34. The van der Waals surface area contributed by atoms with E-state index in [-0.39, 0.29) is 22.8 Å². The Hall–Kier alpha value is -0.570. The Bertz CT molecular complexity index is 321. The van der Waals surface area contributed by atoms with Gasteiger partial charge in [0.15, 0.2) is 0 Å². The predicted octanol–water partition coefficient (Wildman–Crippen LogP) is 2.32. The fourth-order valence-electron chi connectivity index (χ4n) is 3.37. The molecule has 1 heterocycles. The Kier molecular flexibility index (Phi) is 3.48. The van der Waals surface area contributed by atoms with Crippen LogP contribution in [0.2, 0.25) is 0 Å². The van der Waals surface area contributed by atoms with E-state index in [1.807, 2.05) is 0 Å². The van der Waals surface area contributed by atoms with Crippen LogP contribution < -0.4 is 10.6 Å². The number of rotatable bonds is 3. The van der Waals surface area contributed by atoms with Gasteiger partial charge in [0.2, 0.25) is 5.91 Å². The van der Waals surface area contributed by atoms with Gasteiger partial charge in [-0.3, -0.25) is 4.79 Å². The zero-order valence-electron chi connectivity index (χ0n) is 12.5. The molecule has 2 unspecified atom stereocenters. The van der Waals surface area contributed by atoms with E-state index in [4.69, 9.17) is 0 Å². The molecule has 1 aliphatic heterocycles. The molecule has 1 saturated carbocycles. The first kappa shape index (κ1) is 13.9. The van der Waals surface area contributed by atoms with E-state index in [1.54, 1.807) is 0 Å². The van der Waals surface area contributed by atoms with E-state index in [0.29, 0.717) is 12.0 Å². The molecule has 0 bridgehead atoms. The van der Waals surface area contributed by atoms with Gasteiger partial charge in [-0.1, -0.05) is 41.0 Å². The van der Waals surface area contributed by atoms with Gasteiger partial charge < -0.3 is 10.6 Å². The fourth-order valence-corrected chi connectivity index (χ4v) is 3.37. The predicted molar refractivity (Wildman–Crippen MR) is 74.3 cm³/mol. The smallest absolute Gasteiger partial charge is 0.237 e. The minimum atomic E-state index is 0.0240. The monoisotopic (exact) mass is 252 g/mol. The molecule has 0 aromatic rings. The second kappa shape index (κ2) is 4.52. The summed E-state index contributed by atoms with van der Waals surface area (Å²) in [5.74, 6) is 0.916. The highest BCUT2D eigenvalue weighted by Gasteiger charge is 2.65. The maximum Gasteiger partial charge on any atom is 0.237 e. The number of carbonyl (C=O) groups excluding carboxylic acids is 1. The number of carbonyl (C=O) groups is 1. The summed E-state index contributed by atoms with van der Waals surface area (Å²) in [6, 6.07) is 0.345. The van der Waals surface area contributed by atoms with Crippen molar-refractivity contribution in [2.24, 2.45) is 16.7 Å². The van der Waals surface area contributed by atoms with E-state index in [9.17, 15) is 4.79 Å². The van der Waals surface area contributed by atoms with Gasteiger partial charge in [0.05, 0.1) is 6.04 Å². The van der Waals surface area contributed by atoms with Crippen molar-refractivity contribution in [1.82, 2.24) is 10.6 Å². The highest BCUT2D eigenvalue weighted by atomic mass is 16.2. The molecule has 3 heteroatoms. The molecule has 18 heavy (non-hydrogen) atoms. The van der Waals surface area contributed by atoms with Crippen LogP contribution in [0.5, 0.6) is 0 Å². The molecule has 2 aliphatic rings. The molecule has 2 fully saturated rings. The molecule has 3 nitrogen and oxygen atoms in total. The van der Waals surface area contributed by atoms with E-state index in [0.717, 1.165) is 13.0 Å². The maximum absolute atomic E-state index is 12.3. The minimum absolute atomic E-state index is 0.0240. The number of hydrogen-bond acceptors (Lipinski definition) is 2. The van der Waals surface area contributed by atoms with Crippen LogP contribution in [-0.4, -0.2) is 24.5 Å². The van der Waals surface area contributed by atoms with E-state index in [2.05, 4.69) is 45.3 Å². The van der Waals surface area contributed by atoms with Gasteiger partial charge in [0.1, 0.15) is 0 Å². The molecule has 2 N–H and O–H groups in total. The van der Waals surface area contributed by atoms with Crippen molar-refractivity contribution in [3.05, 3.63) is 0 Å². The summed E-state index contributed by atoms with van der Waals surface area (Å²) in [4.78, 5) is 12.3.